The highest BCUT2D eigenvalue weighted by Gasteiger charge is 2.03. The topological polar surface area (TPSA) is 97.5 Å². The van der Waals surface area contributed by atoms with Gasteiger partial charge < -0.3 is 5.73 Å². The summed E-state index contributed by atoms with van der Waals surface area (Å²) in [4.78, 5) is 25.3. The lowest BCUT2D eigenvalue weighted by molar-refractivity contribution is 1.09. The Kier molecular flexibility index (Phi) is 3.33. The summed E-state index contributed by atoms with van der Waals surface area (Å²) in [6.45, 7) is 5.77. The third-order valence-corrected chi connectivity index (χ3v) is 1.56. The van der Waals surface area contributed by atoms with E-state index in [-0.39, 0.29) is 22.7 Å². The van der Waals surface area contributed by atoms with Crippen molar-refractivity contribution in [3.05, 3.63) is 22.2 Å². The molecule has 6 heteroatoms. The monoisotopic (exact) mass is 207 g/mol. The first-order valence-electron chi connectivity index (χ1n) is 4.66. The Bertz CT molecular complexity index is 514. The number of anilines is 1. The van der Waals surface area contributed by atoms with Gasteiger partial charge in [0.15, 0.2) is 11.2 Å². The van der Waals surface area contributed by atoms with Crippen molar-refractivity contribution in [2.45, 2.75) is 20.8 Å². The number of fused-ring (bicyclic) bond motifs is 1. The molecule has 0 aliphatic heterocycles. The number of aryl methyl sites for hydroxylation is 1. The minimum atomic E-state index is -0.366. The summed E-state index contributed by atoms with van der Waals surface area (Å²) in [5.74, 6) is 0.0531. The number of hydrogen-bond donors (Lipinski definition) is 2. The van der Waals surface area contributed by atoms with Crippen molar-refractivity contribution in [3.8, 4) is 0 Å². The number of H-pyrrole nitrogens is 1. The van der Waals surface area contributed by atoms with Crippen molar-refractivity contribution in [3.63, 3.8) is 0 Å². The Morgan fingerprint density at radius 2 is 2.00 bits per heavy atom. The summed E-state index contributed by atoms with van der Waals surface area (Å²) in [7, 11) is 0. The molecule has 0 radical (unpaired) electrons. The van der Waals surface area contributed by atoms with Gasteiger partial charge in [-0.05, 0) is 6.92 Å². The molecule has 0 bridgehead atoms. The van der Waals surface area contributed by atoms with Gasteiger partial charge in [0.2, 0.25) is 5.95 Å². The smallest absolute Gasteiger partial charge is 0.280 e. The van der Waals surface area contributed by atoms with Crippen LogP contribution in [-0.2, 0) is 0 Å². The van der Waals surface area contributed by atoms with Gasteiger partial charge in [0.1, 0.15) is 0 Å². The molecule has 0 spiro atoms. The fourth-order valence-corrected chi connectivity index (χ4v) is 1.02. The first-order chi connectivity index (χ1) is 7.16. The van der Waals surface area contributed by atoms with Crippen LogP contribution in [0, 0.1) is 6.92 Å². The maximum absolute atomic E-state index is 11.2. The number of hydrogen-bond acceptors (Lipinski definition) is 5. The number of nitrogens with two attached hydrogens (primary N) is 1. The molecule has 3 N–H and O–H groups in total. The van der Waals surface area contributed by atoms with Gasteiger partial charge >= 0.3 is 0 Å². The normalized spacial score (nSPS) is 9.53. The summed E-state index contributed by atoms with van der Waals surface area (Å²) < 4.78 is 0. The molecule has 2 aromatic heterocycles. The lowest BCUT2D eigenvalue weighted by Gasteiger charge is -1.96. The zero-order chi connectivity index (χ0) is 11.4. The summed E-state index contributed by atoms with van der Waals surface area (Å²) in [5.41, 5.74) is 6.16. The second-order valence-corrected chi connectivity index (χ2v) is 2.63. The largest absolute Gasteiger partial charge is 0.369 e. The lowest BCUT2D eigenvalue weighted by Crippen LogP contribution is -2.13. The van der Waals surface area contributed by atoms with E-state index in [9.17, 15) is 4.79 Å². The van der Waals surface area contributed by atoms with Gasteiger partial charge in [0.05, 0.1) is 5.69 Å². The first kappa shape index (κ1) is 11.1. The Balaban J connectivity index is 0.000000531. The van der Waals surface area contributed by atoms with Crippen LogP contribution in [0.5, 0.6) is 0 Å². The molecule has 6 nitrogen and oxygen atoms in total. The highest BCUT2D eigenvalue weighted by atomic mass is 16.1. The fourth-order valence-electron chi connectivity index (χ4n) is 1.02. The quantitative estimate of drug-likeness (QED) is 0.660. The van der Waals surface area contributed by atoms with Crippen LogP contribution in [0.1, 0.15) is 19.5 Å². The average molecular weight is 207 g/mol. The number of nitrogen functional groups attached to an aromatic ring is 1. The van der Waals surface area contributed by atoms with Crippen molar-refractivity contribution >= 4 is 17.1 Å². The number of aromatic nitrogens is 4. The van der Waals surface area contributed by atoms with Gasteiger partial charge in [0.25, 0.3) is 5.56 Å². The van der Waals surface area contributed by atoms with Gasteiger partial charge in [-0.15, -0.1) is 0 Å². The Hall–Kier alpha value is -1.98. The molecule has 0 fully saturated rings. The zero-order valence-corrected chi connectivity index (χ0v) is 8.90. The lowest BCUT2D eigenvalue weighted by atomic mass is 10.4. The Morgan fingerprint density at radius 1 is 1.33 bits per heavy atom. The minimum absolute atomic E-state index is 0.0531. The molecule has 0 amide bonds. The molecule has 0 atom stereocenters. The number of nitrogens with one attached hydrogen (secondary N) is 1. The SMILES string of the molecule is CC.Cc1cnc2c(=O)[nH]c(N)nc2n1. The molecule has 0 aliphatic carbocycles. The predicted molar refractivity (Wildman–Crippen MR) is 58.5 cm³/mol. The molecular formula is C9H13N5O. The highest BCUT2D eigenvalue weighted by Crippen LogP contribution is 2.01. The van der Waals surface area contributed by atoms with E-state index in [0.717, 1.165) is 0 Å². The number of aromatic amines is 1. The summed E-state index contributed by atoms with van der Waals surface area (Å²) >= 11 is 0. The van der Waals surface area contributed by atoms with Crippen molar-refractivity contribution in [2.75, 3.05) is 5.73 Å². The van der Waals surface area contributed by atoms with Gasteiger partial charge in [0, 0.05) is 6.20 Å². The van der Waals surface area contributed by atoms with E-state index < -0.39 is 0 Å². The van der Waals surface area contributed by atoms with E-state index in [1.54, 1.807) is 6.92 Å². The van der Waals surface area contributed by atoms with E-state index in [1.807, 2.05) is 13.8 Å². The van der Waals surface area contributed by atoms with Crippen LogP contribution in [0.4, 0.5) is 5.95 Å². The van der Waals surface area contributed by atoms with Crippen molar-refractivity contribution < 1.29 is 0 Å². The maximum atomic E-state index is 11.2. The van der Waals surface area contributed by atoms with Gasteiger partial charge in [-0.25, -0.2) is 9.97 Å². The second kappa shape index (κ2) is 4.50. The molecule has 0 aromatic carbocycles. The molecule has 15 heavy (non-hydrogen) atoms. The maximum Gasteiger partial charge on any atom is 0.280 e. The third-order valence-electron chi connectivity index (χ3n) is 1.56. The van der Waals surface area contributed by atoms with E-state index in [2.05, 4.69) is 19.9 Å². The summed E-state index contributed by atoms with van der Waals surface area (Å²) in [6.07, 6.45) is 1.51. The van der Waals surface area contributed by atoms with Crippen LogP contribution in [0.15, 0.2) is 11.0 Å². The molecule has 0 saturated carbocycles. The molecule has 0 aliphatic rings. The molecule has 80 valence electrons. The minimum Gasteiger partial charge on any atom is -0.369 e. The van der Waals surface area contributed by atoms with Crippen LogP contribution in [0.2, 0.25) is 0 Å². The van der Waals surface area contributed by atoms with Crippen LogP contribution >= 0.6 is 0 Å². The number of nitrogens with zero attached hydrogens (tertiary/aromatic N) is 3. The standard InChI is InChI=1S/C7H7N5O.C2H6/c1-3-2-9-4-5(10-3)11-7(8)12-6(4)13;1-2/h2H,1H3,(H3,8,10,11,12,13);1-2H3. The Labute approximate surface area is 86.6 Å². The molecule has 0 unspecified atom stereocenters. The number of rotatable bonds is 0. The fraction of sp³-hybridized carbons (Fsp3) is 0.333. The zero-order valence-electron chi connectivity index (χ0n) is 8.90. The average Bonchev–Trinajstić information content (AvgIpc) is 2.19. The molecule has 2 aromatic rings. The van der Waals surface area contributed by atoms with E-state index in [0.29, 0.717) is 5.69 Å². The van der Waals surface area contributed by atoms with Crippen molar-refractivity contribution in [1.29, 1.82) is 0 Å². The van der Waals surface area contributed by atoms with Crippen molar-refractivity contribution in [2.24, 2.45) is 0 Å². The van der Waals surface area contributed by atoms with Crippen LogP contribution < -0.4 is 11.3 Å². The second-order valence-electron chi connectivity index (χ2n) is 2.63. The summed E-state index contributed by atoms with van der Waals surface area (Å²) in [6, 6.07) is 0. The van der Waals surface area contributed by atoms with Crippen LogP contribution in [0.3, 0.4) is 0 Å². The molecular weight excluding hydrogens is 194 g/mol. The molecule has 0 saturated heterocycles. The molecule has 2 heterocycles. The van der Waals surface area contributed by atoms with Crippen LogP contribution in [0.25, 0.3) is 11.2 Å². The summed E-state index contributed by atoms with van der Waals surface area (Å²) in [5, 5.41) is 0. The van der Waals surface area contributed by atoms with E-state index in [1.165, 1.54) is 6.20 Å². The molecule has 2 rings (SSSR count). The van der Waals surface area contributed by atoms with Crippen LogP contribution in [-0.4, -0.2) is 19.9 Å². The highest BCUT2D eigenvalue weighted by molar-refractivity contribution is 5.68. The first-order valence-corrected chi connectivity index (χ1v) is 4.66. The van der Waals surface area contributed by atoms with E-state index in [4.69, 9.17) is 5.73 Å². The van der Waals surface area contributed by atoms with Crippen molar-refractivity contribution in [1.82, 2.24) is 19.9 Å². The van der Waals surface area contributed by atoms with Gasteiger partial charge in [-0.3, -0.25) is 9.78 Å². The third kappa shape index (κ3) is 2.28. The van der Waals surface area contributed by atoms with E-state index >= 15 is 0 Å². The predicted octanol–water partition coefficient (Wildman–Crippen LogP) is 0.630. The Morgan fingerprint density at radius 3 is 2.67 bits per heavy atom. The van der Waals surface area contributed by atoms with Gasteiger partial charge in [-0.2, -0.15) is 4.98 Å². The van der Waals surface area contributed by atoms with Gasteiger partial charge in [-0.1, -0.05) is 13.8 Å².